The smallest absolute Gasteiger partial charge is 0.255 e. The number of carbonyl (C=O) groups is 1. The fraction of sp³-hybridized carbons (Fsp3) is 0.167. The number of hydrogen-bond acceptors (Lipinski definition) is 3. The molecule has 4 nitrogen and oxygen atoms in total. The summed E-state index contributed by atoms with van der Waals surface area (Å²) in [6.07, 6.45) is 0.952. The van der Waals surface area contributed by atoms with E-state index < -0.39 is 0 Å². The summed E-state index contributed by atoms with van der Waals surface area (Å²) < 4.78 is 5.90. The Labute approximate surface area is 164 Å². The molecule has 0 saturated carbocycles. The van der Waals surface area contributed by atoms with Gasteiger partial charge in [-0.15, -0.1) is 0 Å². The first-order valence-electron chi connectivity index (χ1n) is 9.42. The van der Waals surface area contributed by atoms with Crippen LogP contribution in [-0.2, 0) is 6.42 Å². The third kappa shape index (κ3) is 3.54. The Bertz CT molecular complexity index is 1160. The van der Waals surface area contributed by atoms with Gasteiger partial charge in [0.25, 0.3) is 5.91 Å². The number of oxazole rings is 1. The van der Waals surface area contributed by atoms with Crippen molar-refractivity contribution in [3.63, 3.8) is 0 Å². The van der Waals surface area contributed by atoms with Gasteiger partial charge in [0.2, 0.25) is 5.89 Å². The number of rotatable bonds is 4. The summed E-state index contributed by atoms with van der Waals surface area (Å²) in [5.74, 6) is 0.441. The quantitative estimate of drug-likeness (QED) is 0.485. The topological polar surface area (TPSA) is 55.1 Å². The lowest BCUT2D eigenvalue weighted by atomic mass is 10.1. The molecule has 0 saturated heterocycles. The zero-order valence-electron chi connectivity index (χ0n) is 16.2. The van der Waals surface area contributed by atoms with Crippen LogP contribution < -0.4 is 5.32 Å². The molecule has 1 aromatic heterocycles. The molecule has 28 heavy (non-hydrogen) atoms. The van der Waals surface area contributed by atoms with Crippen LogP contribution in [0.25, 0.3) is 22.6 Å². The maximum atomic E-state index is 12.5. The molecule has 1 amide bonds. The summed E-state index contributed by atoms with van der Waals surface area (Å²) in [7, 11) is 0. The number of carbonyl (C=O) groups excluding carboxylic acids is 1. The monoisotopic (exact) mass is 370 g/mol. The number of aromatic nitrogens is 1. The highest BCUT2D eigenvalue weighted by Gasteiger charge is 2.11. The van der Waals surface area contributed by atoms with Crippen LogP contribution in [0.15, 0.2) is 65.1 Å². The highest BCUT2D eigenvalue weighted by atomic mass is 16.3. The van der Waals surface area contributed by atoms with Crippen LogP contribution in [0.4, 0.5) is 5.69 Å². The number of aryl methyl sites for hydroxylation is 3. The van der Waals surface area contributed by atoms with Gasteiger partial charge in [-0.2, -0.15) is 0 Å². The summed E-state index contributed by atoms with van der Waals surface area (Å²) in [6.45, 7) is 6.24. The first-order valence-corrected chi connectivity index (χ1v) is 9.42. The van der Waals surface area contributed by atoms with Crippen molar-refractivity contribution >= 4 is 22.7 Å². The van der Waals surface area contributed by atoms with Gasteiger partial charge in [0, 0.05) is 16.8 Å². The maximum absolute atomic E-state index is 12.5. The lowest BCUT2D eigenvalue weighted by Crippen LogP contribution is -2.11. The Kier molecular flexibility index (Phi) is 4.70. The molecule has 140 valence electrons. The van der Waals surface area contributed by atoms with E-state index in [1.807, 2.05) is 48.5 Å². The first-order chi connectivity index (χ1) is 13.5. The Balaban J connectivity index is 1.58. The minimum absolute atomic E-state index is 0.139. The lowest BCUT2D eigenvalue weighted by molar-refractivity contribution is 0.102. The van der Waals surface area contributed by atoms with Crippen molar-refractivity contribution in [3.05, 3.63) is 82.9 Å². The predicted octanol–water partition coefficient (Wildman–Crippen LogP) is 5.93. The first kappa shape index (κ1) is 18.0. The van der Waals surface area contributed by atoms with Crippen LogP contribution in [0.2, 0.25) is 0 Å². The number of nitrogens with one attached hydrogen (secondary N) is 1. The summed E-state index contributed by atoms with van der Waals surface area (Å²) >= 11 is 0. The molecule has 0 spiro atoms. The molecule has 0 fully saturated rings. The summed E-state index contributed by atoms with van der Waals surface area (Å²) in [4.78, 5) is 17.1. The zero-order valence-corrected chi connectivity index (χ0v) is 16.2. The van der Waals surface area contributed by atoms with E-state index in [-0.39, 0.29) is 5.91 Å². The van der Waals surface area contributed by atoms with Gasteiger partial charge in [0.1, 0.15) is 5.52 Å². The Morgan fingerprint density at radius 1 is 0.964 bits per heavy atom. The van der Waals surface area contributed by atoms with E-state index in [1.165, 1.54) is 16.7 Å². The van der Waals surface area contributed by atoms with Crippen LogP contribution in [0, 0.1) is 13.8 Å². The number of benzene rings is 3. The normalized spacial score (nSPS) is 11.0. The fourth-order valence-electron chi connectivity index (χ4n) is 3.10. The number of anilines is 1. The van der Waals surface area contributed by atoms with Crippen molar-refractivity contribution in [3.8, 4) is 11.5 Å². The molecule has 4 rings (SSSR count). The highest BCUT2D eigenvalue weighted by Crippen LogP contribution is 2.27. The van der Waals surface area contributed by atoms with E-state index in [0.29, 0.717) is 28.2 Å². The fourth-order valence-corrected chi connectivity index (χ4v) is 3.10. The average Bonchev–Trinajstić information content (AvgIpc) is 3.13. The molecule has 0 radical (unpaired) electrons. The van der Waals surface area contributed by atoms with Crippen LogP contribution in [-0.4, -0.2) is 10.9 Å². The highest BCUT2D eigenvalue weighted by molar-refractivity contribution is 6.05. The van der Waals surface area contributed by atoms with Gasteiger partial charge in [0.05, 0.1) is 0 Å². The molecule has 0 aliphatic rings. The SMILES string of the molecule is CCc1ccc(C(=O)Nc2ccc3oc(-c4ccc(C)c(C)c4)nc3c2)cc1. The van der Waals surface area contributed by atoms with E-state index in [1.54, 1.807) is 0 Å². The second kappa shape index (κ2) is 7.31. The molecular weight excluding hydrogens is 348 g/mol. The van der Waals surface area contributed by atoms with Crippen LogP contribution >= 0.6 is 0 Å². The van der Waals surface area contributed by atoms with Gasteiger partial charge < -0.3 is 9.73 Å². The van der Waals surface area contributed by atoms with Crippen molar-refractivity contribution in [2.24, 2.45) is 0 Å². The molecule has 0 atom stereocenters. The zero-order chi connectivity index (χ0) is 19.7. The van der Waals surface area contributed by atoms with E-state index in [2.05, 4.69) is 43.2 Å². The molecule has 0 aliphatic carbocycles. The van der Waals surface area contributed by atoms with E-state index in [4.69, 9.17) is 4.42 Å². The summed E-state index contributed by atoms with van der Waals surface area (Å²) in [6, 6.07) is 19.3. The van der Waals surface area contributed by atoms with Crippen LogP contribution in [0.5, 0.6) is 0 Å². The van der Waals surface area contributed by atoms with Crippen molar-refractivity contribution < 1.29 is 9.21 Å². The van der Waals surface area contributed by atoms with Crippen LogP contribution in [0.1, 0.15) is 34.0 Å². The third-order valence-electron chi connectivity index (χ3n) is 5.02. The van der Waals surface area contributed by atoms with E-state index >= 15 is 0 Å². The summed E-state index contributed by atoms with van der Waals surface area (Å²) in [5.41, 5.74) is 7.31. The van der Waals surface area contributed by atoms with E-state index in [9.17, 15) is 4.79 Å². The average molecular weight is 370 g/mol. The lowest BCUT2D eigenvalue weighted by Gasteiger charge is -2.05. The van der Waals surface area contributed by atoms with Crippen molar-refractivity contribution in [2.45, 2.75) is 27.2 Å². The Hall–Kier alpha value is -3.40. The maximum Gasteiger partial charge on any atom is 0.255 e. The minimum atomic E-state index is -0.139. The van der Waals surface area contributed by atoms with Gasteiger partial charge >= 0.3 is 0 Å². The molecule has 4 heteroatoms. The number of amides is 1. The number of hydrogen-bond donors (Lipinski definition) is 1. The molecular formula is C24H22N2O2. The van der Waals surface area contributed by atoms with Crippen molar-refractivity contribution in [1.29, 1.82) is 0 Å². The van der Waals surface area contributed by atoms with Crippen LogP contribution in [0.3, 0.4) is 0 Å². The number of nitrogens with zero attached hydrogens (tertiary/aromatic N) is 1. The Morgan fingerprint density at radius 3 is 2.46 bits per heavy atom. The molecule has 1 heterocycles. The van der Waals surface area contributed by atoms with Gasteiger partial charge in [-0.1, -0.05) is 25.1 Å². The molecule has 4 aromatic rings. The minimum Gasteiger partial charge on any atom is -0.436 e. The molecule has 1 N–H and O–H groups in total. The molecule has 0 unspecified atom stereocenters. The molecule has 0 bridgehead atoms. The second-order valence-electron chi connectivity index (χ2n) is 7.01. The Morgan fingerprint density at radius 2 is 1.75 bits per heavy atom. The molecule has 3 aromatic carbocycles. The van der Waals surface area contributed by atoms with Gasteiger partial charge in [-0.05, 0) is 79.4 Å². The van der Waals surface area contributed by atoms with Gasteiger partial charge in [0.15, 0.2) is 5.58 Å². The van der Waals surface area contributed by atoms with Gasteiger partial charge in [-0.3, -0.25) is 4.79 Å². The largest absolute Gasteiger partial charge is 0.436 e. The molecule has 0 aliphatic heterocycles. The van der Waals surface area contributed by atoms with Crippen molar-refractivity contribution in [2.75, 3.05) is 5.32 Å². The number of fused-ring (bicyclic) bond motifs is 1. The summed E-state index contributed by atoms with van der Waals surface area (Å²) in [5, 5.41) is 2.93. The second-order valence-corrected chi connectivity index (χ2v) is 7.01. The standard InChI is InChI=1S/C24H22N2O2/c1-4-17-6-9-18(10-7-17)23(27)25-20-11-12-22-21(14-20)26-24(28-22)19-8-5-15(2)16(3)13-19/h5-14H,4H2,1-3H3,(H,25,27). The van der Waals surface area contributed by atoms with Crippen molar-refractivity contribution in [1.82, 2.24) is 4.98 Å². The van der Waals surface area contributed by atoms with Gasteiger partial charge in [-0.25, -0.2) is 4.98 Å². The third-order valence-corrected chi connectivity index (χ3v) is 5.02. The van der Waals surface area contributed by atoms with E-state index in [0.717, 1.165) is 12.0 Å². The predicted molar refractivity (Wildman–Crippen MR) is 113 cm³/mol.